The molecule has 0 aromatic rings. The summed E-state index contributed by atoms with van der Waals surface area (Å²) in [6, 6.07) is -0.905. The minimum Gasteiger partial charge on any atom is -0.386 e. The van der Waals surface area contributed by atoms with Gasteiger partial charge in [-0.3, -0.25) is 73.1 Å². The molecule has 0 fully saturated rings. The van der Waals surface area contributed by atoms with E-state index in [1.165, 1.54) is 0 Å². The van der Waals surface area contributed by atoms with Crippen LogP contribution in [0.4, 0.5) is 0 Å². The molecule has 0 aliphatic rings. The van der Waals surface area contributed by atoms with Crippen molar-refractivity contribution in [1.29, 1.82) is 0 Å². The average molecular weight is 1470 g/mol. The van der Waals surface area contributed by atoms with E-state index in [4.69, 9.17) is 97.2 Å². The number of nitrogens with zero attached hydrogens (tertiary/aromatic N) is 7. The van der Waals surface area contributed by atoms with Crippen LogP contribution in [0.3, 0.4) is 0 Å². The molecule has 0 aromatic carbocycles. The van der Waals surface area contributed by atoms with Gasteiger partial charge in [-0.2, -0.15) is 0 Å². The predicted octanol–water partition coefficient (Wildman–Crippen LogP) is -11.5. The molecular formula is C58H115N29O16. The van der Waals surface area contributed by atoms with Crippen molar-refractivity contribution in [1.82, 2.24) is 53.2 Å². The van der Waals surface area contributed by atoms with Gasteiger partial charge in [-0.25, -0.2) is 0 Å². The largest absolute Gasteiger partial charge is 0.386 e. The molecule has 1 atom stereocenters. The predicted molar refractivity (Wildman–Crippen MR) is 384 cm³/mol. The van der Waals surface area contributed by atoms with E-state index in [0.717, 1.165) is 0 Å². The number of carbonyl (C=O) groups excluding carboxylic acids is 9. The van der Waals surface area contributed by atoms with Gasteiger partial charge in [0.25, 0.3) is 5.91 Å². The van der Waals surface area contributed by atoms with Crippen LogP contribution in [0.15, 0.2) is 35.1 Å². The lowest BCUT2D eigenvalue weighted by atomic mass is 10.00. The number of rotatable bonds is 65. The Morgan fingerprint density at radius 1 is 0.330 bits per heavy atom. The summed E-state index contributed by atoms with van der Waals surface area (Å²) in [4.78, 5) is 146. The highest BCUT2D eigenvalue weighted by atomic mass is 16.6. The maximum atomic E-state index is 14.7. The third kappa shape index (κ3) is 58.4. The minimum absolute atomic E-state index is 0.00266. The zero-order valence-electron chi connectivity index (χ0n) is 59.0. The third-order valence-electron chi connectivity index (χ3n) is 13.4. The van der Waals surface area contributed by atoms with Crippen molar-refractivity contribution in [2.45, 2.75) is 94.2 Å². The number of aliphatic imine (C=N–C) groups is 6. The van der Waals surface area contributed by atoms with Crippen molar-refractivity contribution in [3.05, 3.63) is 0 Å². The maximum absolute atomic E-state index is 14.7. The molecule has 45 heteroatoms. The average Bonchev–Trinajstić information content (AvgIpc) is 0.860. The minimum atomic E-state index is -1.60. The summed E-state index contributed by atoms with van der Waals surface area (Å²) in [5, 5.41) is 31.4. The summed E-state index contributed by atoms with van der Waals surface area (Å²) in [6.07, 6.45) is 0.123. The van der Waals surface area contributed by atoms with Crippen molar-refractivity contribution in [2.24, 2.45) is 104 Å². The van der Waals surface area contributed by atoms with Crippen LogP contribution in [0.5, 0.6) is 0 Å². The number of nitrogens with one attached hydrogen (secondary N) is 10. The van der Waals surface area contributed by atoms with Gasteiger partial charge < -0.3 is 155 Å². The first kappa shape index (κ1) is 93.0. The number of carbonyl (C=O) groups is 9. The molecule has 0 aliphatic carbocycles. The second kappa shape index (κ2) is 59.7. The Bertz CT molecular complexity index is 2450. The van der Waals surface area contributed by atoms with Crippen LogP contribution in [0.25, 0.3) is 0 Å². The highest BCUT2D eigenvalue weighted by Gasteiger charge is 2.36. The molecule has 34 N–H and O–H groups in total. The van der Waals surface area contributed by atoms with E-state index in [1.54, 1.807) is 0 Å². The number of guanidine groups is 6. The van der Waals surface area contributed by atoms with E-state index < -0.39 is 70.3 Å². The summed E-state index contributed by atoms with van der Waals surface area (Å²) in [6.45, 7) is 1.56. The fourth-order valence-corrected chi connectivity index (χ4v) is 8.42. The first-order valence-corrected chi connectivity index (χ1v) is 33.3. The van der Waals surface area contributed by atoms with Gasteiger partial charge in [0.1, 0.15) is 5.54 Å². The third-order valence-corrected chi connectivity index (χ3v) is 13.4. The highest BCUT2D eigenvalue weighted by Crippen LogP contribution is 2.15. The quantitative estimate of drug-likeness (QED) is 0.0116. The Morgan fingerprint density at radius 2 is 0.621 bits per heavy atom. The van der Waals surface area contributed by atoms with Crippen molar-refractivity contribution in [2.75, 3.05) is 178 Å². The Labute approximate surface area is 599 Å². The first-order valence-electron chi connectivity index (χ1n) is 33.3. The lowest BCUT2D eigenvalue weighted by Gasteiger charge is -2.36. The van der Waals surface area contributed by atoms with Crippen LogP contribution in [-0.4, -0.2) is 290 Å². The summed E-state index contributed by atoms with van der Waals surface area (Å²) in [5.74, 6) is -4.89. The Morgan fingerprint density at radius 3 is 0.913 bits per heavy atom. The van der Waals surface area contributed by atoms with Gasteiger partial charge in [-0.05, 0) is 19.3 Å². The van der Waals surface area contributed by atoms with Crippen molar-refractivity contribution in [3.63, 3.8) is 0 Å². The Balaban J connectivity index is 7.61. The topological polar surface area (TPSA) is 737 Å². The summed E-state index contributed by atoms with van der Waals surface area (Å²) in [5.41, 5.74) is 62.0. The molecule has 588 valence electrons. The molecule has 0 bridgehead atoms. The second-order valence-corrected chi connectivity index (χ2v) is 22.6. The van der Waals surface area contributed by atoms with Gasteiger partial charge in [-0.1, -0.05) is 6.42 Å². The zero-order valence-corrected chi connectivity index (χ0v) is 59.0. The smallest absolute Gasteiger partial charge is 0.260 e. The second-order valence-electron chi connectivity index (χ2n) is 22.6. The fraction of sp³-hybridized carbons (Fsp3) is 0.724. The lowest BCUT2D eigenvalue weighted by molar-refractivity contribution is -0.131. The highest BCUT2D eigenvalue weighted by molar-refractivity contribution is 5.81. The molecule has 0 saturated heterocycles. The molecule has 0 unspecified atom stereocenters. The van der Waals surface area contributed by atoms with E-state index >= 15 is 0 Å². The van der Waals surface area contributed by atoms with Gasteiger partial charge in [0.15, 0.2) is 42.4 Å². The van der Waals surface area contributed by atoms with Crippen LogP contribution in [0, 0.1) is 0 Å². The van der Waals surface area contributed by atoms with E-state index in [-0.39, 0.29) is 271 Å². The van der Waals surface area contributed by atoms with Gasteiger partial charge >= 0.3 is 0 Å². The van der Waals surface area contributed by atoms with Crippen LogP contribution in [-0.2, 0) is 76.4 Å². The number of unbranched alkanes of at least 4 members (excludes halogenated alkanes) is 2. The molecule has 0 spiro atoms. The number of hydrogen-bond acceptors (Lipinski definition) is 24. The zero-order chi connectivity index (χ0) is 76.8. The van der Waals surface area contributed by atoms with Gasteiger partial charge in [0.05, 0.1) is 124 Å². The molecule has 9 amide bonds. The van der Waals surface area contributed by atoms with E-state index in [2.05, 4.69) is 99.8 Å². The van der Waals surface area contributed by atoms with Gasteiger partial charge in [-0.15, -0.1) is 5.16 Å². The summed E-state index contributed by atoms with van der Waals surface area (Å²) < 4.78 is 36.7. The molecule has 0 saturated carbocycles. The molecule has 0 radical (unpaired) electrons. The Hall–Kier alpha value is -9.96. The van der Waals surface area contributed by atoms with E-state index in [9.17, 15) is 43.2 Å². The monoisotopic (exact) mass is 1470 g/mol. The molecule has 0 rings (SSSR count). The number of ether oxygens (including phenoxy) is 6. The summed E-state index contributed by atoms with van der Waals surface area (Å²) >= 11 is 0. The van der Waals surface area contributed by atoms with Gasteiger partial charge in [0, 0.05) is 116 Å². The van der Waals surface area contributed by atoms with E-state index in [1.807, 2.05) is 0 Å². The van der Waals surface area contributed by atoms with Crippen molar-refractivity contribution in [3.8, 4) is 0 Å². The van der Waals surface area contributed by atoms with Crippen LogP contribution >= 0.6 is 0 Å². The van der Waals surface area contributed by atoms with Gasteiger partial charge in [0.2, 0.25) is 47.3 Å². The number of nitrogens with two attached hydrogens (primary N) is 12. The standard InChI is InChI=1S/C58H115N29O16/c1-71-103-34-50(96)72-14-4-2-3-5-48(94)86-41(33-85-57(35-97-27-8-42(88)73-15-21-79-51(59)60,36-98-28-9-43(89)74-16-22-80-52(61)62)37-99-29-10-44(90)75-17-23-81-53(63)64)6-7-49(95)87-58(38-100-30-11-45(91)76-18-24-82-54(65)66,39-101-31-12-46(92)77-19-25-83-55(67)68)40-102-32-13-47(93)78-20-26-84-56(69)70/h41,85H,1-40H2,(H,72,96)(H,73,88)(H,74,89)(H,75,90)(H,76,91)(H,77,92)(H,78,93)(H,86,94)(H,87,95)(H4,59,60,79)(H4,61,62,80)(H4,63,64,81)(H4,65,66,82)(H4,67,68,83)(H4,69,70,84)/t41-/m0/s1. The molecule has 0 heterocycles. The molecular weight excluding hydrogens is 1360 g/mol. The maximum Gasteiger partial charge on any atom is 0.260 e. The molecule has 0 aliphatic heterocycles. The summed E-state index contributed by atoms with van der Waals surface area (Å²) in [7, 11) is 0. The number of hydrogen-bond donors (Lipinski definition) is 22. The fourth-order valence-electron chi connectivity index (χ4n) is 8.42. The van der Waals surface area contributed by atoms with Crippen LogP contribution < -0.4 is 122 Å². The number of amides is 9. The molecule has 45 nitrogen and oxygen atoms in total. The van der Waals surface area contributed by atoms with Crippen molar-refractivity contribution >= 4 is 95.6 Å². The SMILES string of the molecule is C=NOCC(=O)NCCCCCC(=O)N[C@@H](CCC(=O)NC(COCCC(=O)NCCN=C(N)N)(COCCC(=O)NCCN=C(N)N)COCCC(=O)NCCN=C(N)N)CNC(COCCC(=O)NCCN=C(N)N)(COCCC(=O)NCCN=C(N)N)COCCC(=O)NCCN=C(N)N. The van der Waals surface area contributed by atoms with Crippen LogP contribution in [0.2, 0.25) is 0 Å². The normalized spacial score (nSPS) is 11.2. The van der Waals surface area contributed by atoms with E-state index in [0.29, 0.717) is 19.3 Å². The number of oxime groups is 1. The van der Waals surface area contributed by atoms with Crippen LogP contribution in [0.1, 0.15) is 77.0 Å². The van der Waals surface area contributed by atoms with Crippen molar-refractivity contribution < 1.29 is 76.4 Å². The lowest BCUT2D eigenvalue weighted by Crippen LogP contribution is -2.60. The Kier molecular flexibility index (Phi) is 53.9. The molecule has 0 aromatic heterocycles. The first-order chi connectivity index (χ1) is 49.2. The molecule has 103 heavy (non-hydrogen) atoms.